The lowest BCUT2D eigenvalue weighted by molar-refractivity contribution is -0.184. The molecule has 1 spiro atoms. The van der Waals surface area contributed by atoms with Crippen molar-refractivity contribution in [2.24, 2.45) is 5.92 Å². The van der Waals surface area contributed by atoms with Gasteiger partial charge in [0.25, 0.3) is 0 Å². The molecule has 0 radical (unpaired) electrons. The molecule has 2 atom stereocenters. The Balaban J connectivity index is 1.63. The number of ether oxygens (including phenoxy) is 1. The van der Waals surface area contributed by atoms with Crippen molar-refractivity contribution < 1.29 is 9.84 Å². The first-order valence-corrected chi connectivity index (χ1v) is 10.4. The van der Waals surface area contributed by atoms with E-state index in [-0.39, 0.29) is 11.5 Å². The van der Waals surface area contributed by atoms with Gasteiger partial charge in [-0.15, -0.1) is 0 Å². The van der Waals surface area contributed by atoms with Gasteiger partial charge in [0.05, 0.1) is 7.11 Å². The minimum Gasteiger partial charge on any atom is -0.497 e. The zero-order valence-electron chi connectivity index (χ0n) is 15.7. The number of nitrogens with zero attached hydrogens (tertiary/aromatic N) is 1. The molecule has 4 nitrogen and oxygen atoms in total. The fraction of sp³-hybridized carbons (Fsp3) is 0.667. The Morgan fingerprint density at radius 2 is 1.81 bits per heavy atom. The van der Waals surface area contributed by atoms with E-state index in [9.17, 15) is 5.11 Å². The van der Waals surface area contributed by atoms with Crippen molar-refractivity contribution in [1.82, 2.24) is 10.2 Å². The second-order valence-corrected chi connectivity index (χ2v) is 8.64. The molecule has 5 heteroatoms. The number of thiocarbonyl (C=S) groups is 1. The predicted molar refractivity (Wildman–Crippen MR) is 107 cm³/mol. The van der Waals surface area contributed by atoms with Crippen molar-refractivity contribution in [2.75, 3.05) is 7.11 Å². The highest BCUT2D eigenvalue weighted by Gasteiger charge is 2.58. The number of nitrogens with one attached hydrogen (secondary N) is 1. The second-order valence-electron chi connectivity index (χ2n) is 8.26. The number of hydrogen-bond acceptors (Lipinski definition) is 3. The van der Waals surface area contributed by atoms with Crippen LogP contribution in [-0.2, 0) is 6.54 Å². The Labute approximate surface area is 161 Å². The summed E-state index contributed by atoms with van der Waals surface area (Å²) in [7, 11) is 1.68. The van der Waals surface area contributed by atoms with Crippen LogP contribution < -0.4 is 10.1 Å². The third-order valence-corrected chi connectivity index (χ3v) is 7.15. The first-order valence-electron chi connectivity index (χ1n) is 10.0. The van der Waals surface area contributed by atoms with Crippen LogP contribution in [0.15, 0.2) is 24.3 Å². The highest BCUT2D eigenvalue weighted by Crippen LogP contribution is 2.50. The summed E-state index contributed by atoms with van der Waals surface area (Å²) in [5.41, 5.74) is 0.325. The van der Waals surface area contributed by atoms with Crippen LogP contribution in [-0.4, -0.2) is 33.5 Å². The highest BCUT2D eigenvalue weighted by molar-refractivity contribution is 7.80. The third kappa shape index (κ3) is 2.99. The predicted octanol–water partition coefficient (Wildman–Crippen LogP) is 3.97. The molecule has 2 N–H and O–H groups in total. The van der Waals surface area contributed by atoms with E-state index >= 15 is 0 Å². The van der Waals surface area contributed by atoms with Gasteiger partial charge in [-0.3, -0.25) is 0 Å². The molecule has 142 valence electrons. The van der Waals surface area contributed by atoms with Gasteiger partial charge >= 0.3 is 0 Å². The van der Waals surface area contributed by atoms with E-state index in [1.807, 2.05) is 12.1 Å². The van der Waals surface area contributed by atoms with E-state index in [2.05, 4.69) is 22.3 Å². The number of benzene rings is 1. The van der Waals surface area contributed by atoms with Crippen LogP contribution in [0.4, 0.5) is 0 Å². The van der Waals surface area contributed by atoms with E-state index in [1.54, 1.807) is 7.11 Å². The van der Waals surface area contributed by atoms with Gasteiger partial charge in [0, 0.05) is 18.0 Å². The fourth-order valence-electron chi connectivity index (χ4n) is 5.50. The maximum absolute atomic E-state index is 11.9. The topological polar surface area (TPSA) is 44.7 Å². The number of hydrogen-bond donors (Lipinski definition) is 2. The fourth-order valence-corrected chi connectivity index (χ4v) is 5.93. The number of rotatable bonds is 3. The summed E-state index contributed by atoms with van der Waals surface area (Å²) in [5, 5.41) is 16.3. The van der Waals surface area contributed by atoms with E-state index in [0.29, 0.717) is 6.54 Å². The van der Waals surface area contributed by atoms with E-state index in [4.69, 9.17) is 17.0 Å². The van der Waals surface area contributed by atoms with Crippen molar-refractivity contribution in [3.63, 3.8) is 0 Å². The summed E-state index contributed by atoms with van der Waals surface area (Å²) in [4.78, 5) is 2.06. The first-order chi connectivity index (χ1) is 12.6. The number of aliphatic hydroxyl groups is 1. The van der Waals surface area contributed by atoms with E-state index in [1.165, 1.54) is 25.7 Å². The summed E-state index contributed by atoms with van der Waals surface area (Å²) < 4.78 is 5.26. The molecule has 2 aliphatic carbocycles. The van der Waals surface area contributed by atoms with Crippen LogP contribution in [0.3, 0.4) is 0 Å². The van der Waals surface area contributed by atoms with Crippen LogP contribution in [0.25, 0.3) is 0 Å². The monoisotopic (exact) mass is 374 g/mol. The van der Waals surface area contributed by atoms with Crippen molar-refractivity contribution in [2.45, 2.75) is 75.6 Å². The summed E-state index contributed by atoms with van der Waals surface area (Å²) in [5.74, 6) is 1.11. The molecule has 0 unspecified atom stereocenters. The van der Waals surface area contributed by atoms with Gasteiger partial charge in [-0.1, -0.05) is 37.8 Å². The summed E-state index contributed by atoms with van der Waals surface area (Å²) in [6.07, 6.45) is 10.2. The molecule has 0 amide bonds. The van der Waals surface area contributed by atoms with Crippen molar-refractivity contribution in [1.29, 1.82) is 0 Å². The molecule has 1 aliphatic heterocycles. The SMILES string of the molecule is COc1ccc(CN2C(=S)NC3(CCCCC3)[C@H]3CCCC[C@]32O)cc1. The molecule has 3 fully saturated rings. The van der Waals surface area contributed by atoms with Gasteiger partial charge in [-0.05, 0) is 62.0 Å². The van der Waals surface area contributed by atoms with Gasteiger partial charge in [0.2, 0.25) is 0 Å². The molecule has 1 aromatic carbocycles. The zero-order chi connectivity index (χ0) is 18.2. The quantitative estimate of drug-likeness (QED) is 0.784. The molecular formula is C21H30N2O2S. The molecule has 0 aromatic heterocycles. The summed E-state index contributed by atoms with van der Waals surface area (Å²) in [6, 6.07) is 8.07. The smallest absolute Gasteiger partial charge is 0.171 e. The Morgan fingerprint density at radius 1 is 1.12 bits per heavy atom. The Bertz CT molecular complexity index is 656. The van der Waals surface area contributed by atoms with Gasteiger partial charge in [0.15, 0.2) is 5.11 Å². The zero-order valence-corrected chi connectivity index (χ0v) is 16.5. The first kappa shape index (κ1) is 18.1. The second kappa shape index (κ2) is 7.01. The molecule has 1 aromatic rings. The average Bonchev–Trinajstić information content (AvgIpc) is 2.66. The van der Waals surface area contributed by atoms with Crippen molar-refractivity contribution in [3.8, 4) is 5.75 Å². The van der Waals surface area contributed by atoms with Crippen LogP contribution in [0.2, 0.25) is 0 Å². The maximum atomic E-state index is 11.9. The Morgan fingerprint density at radius 3 is 2.50 bits per heavy atom. The molecule has 1 saturated heterocycles. The van der Waals surface area contributed by atoms with Gasteiger partial charge in [-0.25, -0.2) is 0 Å². The Kier molecular flexibility index (Phi) is 4.86. The number of methoxy groups -OCH3 is 1. The van der Waals surface area contributed by atoms with E-state index in [0.717, 1.165) is 48.5 Å². The standard InChI is InChI=1S/C21H30N2O2S/c1-25-17-10-8-16(9-11-17)15-23-19(26)22-20(12-4-2-5-13-20)18-7-3-6-14-21(18,23)24/h8-11,18,24H,2-7,12-15H2,1H3,(H,22,26)/t18-,21+/m1/s1. The van der Waals surface area contributed by atoms with Gasteiger partial charge in [0.1, 0.15) is 11.5 Å². The summed E-state index contributed by atoms with van der Waals surface area (Å²) >= 11 is 5.80. The molecule has 4 rings (SSSR count). The van der Waals surface area contributed by atoms with Crippen LogP contribution in [0, 0.1) is 5.92 Å². The molecule has 1 heterocycles. The van der Waals surface area contributed by atoms with Crippen LogP contribution >= 0.6 is 12.2 Å². The minimum atomic E-state index is -0.822. The lowest BCUT2D eigenvalue weighted by Crippen LogP contribution is -2.75. The van der Waals surface area contributed by atoms with Gasteiger partial charge < -0.3 is 20.1 Å². The Hall–Kier alpha value is -1.33. The third-order valence-electron chi connectivity index (χ3n) is 6.83. The van der Waals surface area contributed by atoms with Crippen molar-refractivity contribution >= 4 is 17.3 Å². The minimum absolute atomic E-state index is 0.000904. The van der Waals surface area contributed by atoms with Crippen LogP contribution in [0.1, 0.15) is 63.4 Å². The van der Waals surface area contributed by atoms with Crippen molar-refractivity contribution in [3.05, 3.63) is 29.8 Å². The average molecular weight is 375 g/mol. The largest absolute Gasteiger partial charge is 0.497 e. The van der Waals surface area contributed by atoms with Gasteiger partial charge in [-0.2, -0.15) is 0 Å². The molecule has 26 heavy (non-hydrogen) atoms. The van der Waals surface area contributed by atoms with E-state index < -0.39 is 5.72 Å². The molecule has 3 aliphatic rings. The molecule has 2 saturated carbocycles. The normalized spacial score (nSPS) is 30.6. The lowest BCUT2D eigenvalue weighted by atomic mass is 9.62. The lowest BCUT2D eigenvalue weighted by Gasteiger charge is -2.61. The molecular weight excluding hydrogens is 344 g/mol. The maximum Gasteiger partial charge on any atom is 0.171 e. The van der Waals surface area contributed by atoms with Crippen LogP contribution in [0.5, 0.6) is 5.75 Å². The summed E-state index contributed by atoms with van der Waals surface area (Å²) in [6.45, 7) is 0.638. The highest BCUT2D eigenvalue weighted by atomic mass is 32.1. The number of fused-ring (bicyclic) bond motifs is 2. The molecule has 0 bridgehead atoms.